The van der Waals surface area contributed by atoms with E-state index in [0.29, 0.717) is 74.4 Å². The van der Waals surface area contributed by atoms with Crippen molar-refractivity contribution in [2.75, 3.05) is 0 Å². The molecule has 0 saturated carbocycles. The van der Waals surface area contributed by atoms with Crippen molar-refractivity contribution in [3.8, 4) is 23.0 Å². The molecule has 0 atom stereocenters. The average Bonchev–Trinajstić information content (AvgIpc) is 3.00. The van der Waals surface area contributed by atoms with E-state index >= 15 is 0 Å². The van der Waals surface area contributed by atoms with Crippen LogP contribution in [-0.2, 0) is 73.0 Å². The zero-order chi connectivity index (χ0) is 37.5. The van der Waals surface area contributed by atoms with E-state index in [1.165, 1.54) is 66.8 Å². The summed E-state index contributed by atoms with van der Waals surface area (Å²) in [4.78, 5) is 0. The van der Waals surface area contributed by atoms with E-state index in [9.17, 15) is 20.4 Å². The van der Waals surface area contributed by atoms with Crippen LogP contribution in [0.25, 0.3) is 0 Å². The Balaban J connectivity index is 1.51. The minimum absolute atomic E-state index is 0.195. The number of hydrogen-bond donors (Lipinski definition) is 4. The minimum atomic E-state index is -0.195. The zero-order valence-corrected chi connectivity index (χ0v) is 33.4. The van der Waals surface area contributed by atoms with Crippen LogP contribution in [0, 0.1) is 0 Å². The van der Waals surface area contributed by atoms with Gasteiger partial charge in [0.05, 0.1) is 0 Å². The number of aromatic hydroxyl groups is 4. The fourth-order valence-corrected chi connectivity index (χ4v) is 11.9. The Hall–Kier alpha value is -3.92. The third-order valence-corrected chi connectivity index (χ3v) is 13.4. The van der Waals surface area contributed by atoms with Gasteiger partial charge in [0.15, 0.2) is 0 Å². The Morgan fingerprint density at radius 2 is 0.346 bits per heavy atom. The van der Waals surface area contributed by atoms with Crippen molar-refractivity contribution in [2.45, 2.75) is 156 Å². The van der Waals surface area contributed by atoms with Crippen LogP contribution >= 0.6 is 0 Å². The number of benzene rings is 4. The Morgan fingerprint density at radius 1 is 0.231 bits per heavy atom. The topological polar surface area (TPSA) is 80.9 Å². The molecule has 4 heteroatoms. The highest BCUT2D eigenvalue weighted by Crippen LogP contribution is 2.57. The van der Waals surface area contributed by atoms with Crippen LogP contribution in [0.2, 0.25) is 0 Å². The lowest BCUT2D eigenvalue weighted by Crippen LogP contribution is -2.32. The number of phenols is 4. The van der Waals surface area contributed by atoms with Crippen molar-refractivity contribution in [3.63, 3.8) is 0 Å². The number of hydrogen-bond acceptors (Lipinski definition) is 4. The van der Waals surface area contributed by atoms with Gasteiger partial charge >= 0.3 is 0 Å². The summed E-state index contributed by atoms with van der Waals surface area (Å²) < 4.78 is 0. The summed E-state index contributed by atoms with van der Waals surface area (Å²) in [6.07, 6.45) is 4.48. The quantitative estimate of drug-likeness (QED) is 0.127. The van der Waals surface area contributed by atoms with Crippen LogP contribution in [0.4, 0.5) is 0 Å². The summed E-state index contributed by atoms with van der Waals surface area (Å²) >= 11 is 0. The van der Waals surface area contributed by atoms with Gasteiger partial charge in [-0.2, -0.15) is 0 Å². The molecule has 0 spiro atoms. The van der Waals surface area contributed by atoms with E-state index in [2.05, 4.69) is 83.1 Å². The van der Waals surface area contributed by atoms with E-state index in [0.717, 1.165) is 44.5 Å². The van der Waals surface area contributed by atoms with Gasteiger partial charge in [0.1, 0.15) is 23.0 Å². The SMILES string of the molecule is CC(C)(C)c1c2c3c(O)c4c1Cc1c(c(O)c5c(c1C(C)(C)C)Cc1c(c(O)c6c(c1C(C)(C)C)Cc1c(c(O)c(c(c1C(C)(C)C)C2)C3)C6)C5)C4. The molecular formula is C48H56O4. The molecule has 0 radical (unpaired) electrons. The van der Waals surface area contributed by atoms with Gasteiger partial charge in [-0.05, 0) is 114 Å². The van der Waals surface area contributed by atoms with Crippen molar-refractivity contribution < 1.29 is 20.4 Å². The standard InChI is InChI=1S/C48H56O4/c1-45(2,3)37-21-13-23-31-17-29(21)41(49)30-18-32-24(14-22(30)37)39(47(7,8)9)26-16-28-36(20-34(26)43(32)51)44(52)35-19-33(42(31)50)25(38(23)46(4,5)6)15-27(35)40(28)48(10,11)12/h49-52H,13-20H2,1-12H3. The Labute approximate surface area is 310 Å². The molecule has 4 aliphatic carbocycles. The van der Waals surface area contributed by atoms with Gasteiger partial charge in [0.25, 0.3) is 0 Å². The fourth-order valence-electron chi connectivity index (χ4n) is 11.9. The lowest BCUT2D eigenvalue weighted by Gasteiger charge is -2.43. The summed E-state index contributed by atoms with van der Waals surface area (Å²) in [5.41, 5.74) is 21.6. The molecular weight excluding hydrogens is 641 g/mol. The third-order valence-electron chi connectivity index (χ3n) is 13.4. The molecule has 4 N–H and O–H groups in total. The lowest BCUT2D eigenvalue weighted by atomic mass is 9.62. The van der Waals surface area contributed by atoms with Crippen LogP contribution in [0.15, 0.2) is 0 Å². The average molecular weight is 697 g/mol. The van der Waals surface area contributed by atoms with Gasteiger partial charge in [0.2, 0.25) is 0 Å². The molecule has 0 bridgehead atoms. The highest BCUT2D eigenvalue weighted by Gasteiger charge is 2.44. The number of phenolic OH excluding ortho intramolecular Hbond substituents is 4. The molecule has 0 fully saturated rings. The van der Waals surface area contributed by atoms with E-state index < -0.39 is 0 Å². The second-order valence-electron chi connectivity index (χ2n) is 21.0. The smallest absolute Gasteiger partial charge is 0.123 e. The fraction of sp³-hybridized carbons (Fsp3) is 0.500. The molecule has 4 aromatic rings. The predicted molar refractivity (Wildman–Crippen MR) is 210 cm³/mol. The summed E-state index contributed by atoms with van der Waals surface area (Å²) in [5.74, 6) is 1.36. The molecule has 0 heterocycles. The van der Waals surface area contributed by atoms with Crippen LogP contribution in [0.1, 0.15) is 194 Å². The van der Waals surface area contributed by atoms with Crippen molar-refractivity contribution in [1.82, 2.24) is 0 Å². The van der Waals surface area contributed by atoms with E-state index in [4.69, 9.17) is 0 Å². The van der Waals surface area contributed by atoms with Crippen molar-refractivity contribution >= 4 is 0 Å². The second kappa shape index (κ2) is 9.98. The molecule has 0 amide bonds. The van der Waals surface area contributed by atoms with E-state index in [1.54, 1.807) is 0 Å². The highest BCUT2D eigenvalue weighted by atomic mass is 16.3. The number of rotatable bonds is 0. The van der Waals surface area contributed by atoms with E-state index in [1.807, 2.05) is 0 Å². The van der Waals surface area contributed by atoms with Crippen LogP contribution in [0.3, 0.4) is 0 Å². The van der Waals surface area contributed by atoms with Gasteiger partial charge in [-0.1, -0.05) is 83.1 Å². The first-order chi connectivity index (χ1) is 24.0. The van der Waals surface area contributed by atoms with Crippen molar-refractivity contribution in [1.29, 1.82) is 0 Å². The normalized spacial score (nSPS) is 16.5. The maximum atomic E-state index is 12.5. The maximum absolute atomic E-state index is 12.5. The van der Waals surface area contributed by atoms with E-state index in [-0.39, 0.29) is 21.7 Å². The minimum Gasteiger partial charge on any atom is -0.507 e. The van der Waals surface area contributed by atoms with Crippen LogP contribution in [-0.4, -0.2) is 20.4 Å². The lowest BCUT2D eigenvalue weighted by molar-refractivity contribution is 0.438. The summed E-state index contributed by atoms with van der Waals surface area (Å²) in [6.45, 7) is 27.7. The molecule has 8 rings (SSSR count). The molecule has 0 aromatic heterocycles. The molecule has 4 nitrogen and oxygen atoms in total. The Morgan fingerprint density at radius 3 is 0.462 bits per heavy atom. The summed E-state index contributed by atoms with van der Waals surface area (Å²) in [7, 11) is 0. The first-order valence-electron chi connectivity index (χ1n) is 19.6. The highest BCUT2D eigenvalue weighted by molar-refractivity contribution is 5.76. The molecule has 0 unspecified atom stereocenters. The predicted octanol–water partition coefficient (Wildman–Crippen LogP) is 9.99. The van der Waals surface area contributed by atoms with Crippen LogP contribution in [0.5, 0.6) is 23.0 Å². The van der Waals surface area contributed by atoms with Gasteiger partial charge in [-0.3, -0.25) is 0 Å². The zero-order valence-electron chi connectivity index (χ0n) is 33.4. The number of fused-ring (bicyclic) bond motifs is 8. The van der Waals surface area contributed by atoms with Gasteiger partial charge in [-0.25, -0.2) is 0 Å². The summed E-state index contributed by atoms with van der Waals surface area (Å²) in [5, 5.41) is 49.8. The largest absolute Gasteiger partial charge is 0.507 e. The Kier molecular flexibility index (Phi) is 6.50. The Bertz CT molecular complexity index is 1900. The third kappa shape index (κ3) is 4.27. The van der Waals surface area contributed by atoms with Gasteiger partial charge < -0.3 is 20.4 Å². The van der Waals surface area contributed by atoms with Crippen molar-refractivity contribution in [3.05, 3.63) is 111 Å². The van der Waals surface area contributed by atoms with Crippen LogP contribution < -0.4 is 0 Å². The molecule has 0 saturated heterocycles. The molecule has 52 heavy (non-hydrogen) atoms. The summed E-state index contributed by atoms with van der Waals surface area (Å²) in [6, 6.07) is 0. The second-order valence-corrected chi connectivity index (χ2v) is 21.0. The van der Waals surface area contributed by atoms with Crippen molar-refractivity contribution in [2.24, 2.45) is 0 Å². The maximum Gasteiger partial charge on any atom is 0.123 e. The first kappa shape index (κ1) is 33.9. The molecule has 272 valence electrons. The monoisotopic (exact) mass is 696 g/mol. The van der Waals surface area contributed by atoms with Gasteiger partial charge in [-0.15, -0.1) is 0 Å². The molecule has 4 aliphatic rings. The van der Waals surface area contributed by atoms with Gasteiger partial charge in [0, 0.05) is 70.2 Å². The molecule has 4 aromatic carbocycles. The first-order valence-corrected chi connectivity index (χ1v) is 19.6. The molecule has 0 aliphatic heterocycles.